The molecule has 0 aromatic carbocycles. The standard InChI is InChI=1S/C27H32O10/c1-23(2)14-9-15(28)25(4)13(26(14)11-33-17(29)10-16(26)36-23)6-7-24(3)19(12-8-18(30)34-22(12)32-5)35-21(31)20-27(24,25)37-20/h8,13-14,16,19-20,22H,6-7,9-11H2,1-5H3/t13?,14?,16?,19-,20+,22?,24-,25-,26+,27+/m0/s1. The smallest absolute Gasteiger partial charge is 0.339 e. The van der Waals surface area contributed by atoms with Crippen LogP contribution in [0.4, 0.5) is 0 Å². The third kappa shape index (κ3) is 2.44. The fourth-order valence-corrected chi connectivity index (χ4v) is 9.71. The van der Waals surface area contributed by atoms with Gasteiger partial charge in [-0.1, -0.05) is 6.92 Å². The first-order valence-electron chi connectivity index (χ1n) is 13.1. The summed E-state index contributed by atoms with van der Waals surface area (Å²) in [5.41, 5.74) is -3.76. The molecule has 0 bridgehead atoms. The topological polar surface area (TPSA) is 127 Å². The van der Waals surface area contributed by atoms with E-state index in [-0.39, 0.29) is 49.1 Å². The number of ketones is 1. The van der Waals surface area contributed by atoms with E-state index < -0.39 is 57.9 Å². The van der Waals surface area contributed by atoms with Gasteiger partial charge in [0.25, 0.3) is 0 Å². The maximum atomic E-state index is 14.3. The third-order valence-corrected chi connectivity index (χ3v) is 11.2. The van der Waals surface area contributed by atoms with Gasteiger partial charge in [-0.15, -0.1) is 0 Å². The zero-order valence-electron chi connectivity index (χ0n) is 21.7. The largest absolute Gasteiger partial charge is 0.465 e. The molecule has 10 heteroatoms. The lowest BCUT2D eigenvalue weighted by molar-refractivity contribution is -0.223. The number of rotatable bonds is 2. The van der Waals surface area contributed by atoms with Gasteiger partial charge in [0.05, 0.1) is 23.5 Å². The van der Waals surface area contributed by atoms with Crippen LogP contribution in [-0.4, -0.2) is 73.2 Å². The number of ether oxygens (including phenoxy) is 6. The summed E-state index contributed by atoms with van der Waals surface area (Å²) in [5.74, 6) is -1.75. The summed E-state index contributed by atoms with van der Waals surface area (Å²) in [4.78, 5) is 52.1. The first-order chi connectivity index (χ1) is 17.4. The summed E-state index contributed by atoms with van der Waals surface area (Å²) >= 11 is 0. The Hall–Kier alpha value is -2.30. The van der Waals surface area contributed by atoms with Crippen LogP contribution in [0.3, 0.4) is 0 Å². The molecule has 0 N–H and O–H groups in total. The van der Waals surface area contributed by atoms with E-state index in [1.165, 1.54) is 13.2 Å². The molecule has 10 nitrogen and oxygen atoms in total. The molecule has 4 unspecified atom stereocenters. The Morgan fingerprint density at radius 2 is 1.70 bits per heavy atom. The molecule has 7 rings (SSSR count). The number of epoxide rings is 1. The number of carbonyl (C=O) groups excluding carboxylic acids is 4. The lowest BCUT2D eigenvalue weighted by Gasteiger charge is -2.65. The second-order valence-corrected chi connectivity index (χ2v) is 12.8. The Kier molecular flexibility index (Phi) is 4.38. The Balaban J connectivity index is 1.38. The van der Waals surface area contributed by atoms with Crippen LogP contribution < -0.4 is 0 Å². The first-order valence-corrected chi connectivity index (χ1v) is 13.1. The number of esters is 3. The number of carbonyl (C=O) groups is 4. The van der Waals surface area contributed by atoms with Gasteiger partial charge < -0.3 is 28.4 Å². The lowest BCUT2D eigenvalue weighted by atomic mass is 9.37. The number of cyclic esters (lactones) is 3. The monoisotopic (exact) mass is 516 g/mol. The predicted molar refractivity (Wildman–Crippen MR) is 121 cm³/mol. The Morgan fingerprint density at radius 1 is 0.946 bits per heavy atom. The molecule has 4 saturated heterocycles. The van der Waals surface area contributed by atoms with Gasteiger partial charge in [0.15, 0.2) is 6.10 Å². The van der Waals surface area contributed by atoms with Gasteiger partial charge in [-0.25, -0.2) is 9.59 Å². The second kappa shape index (κ2) is 6.82. The minimum atomic E-state index is -1.14. The lowest BCUT2D eigenvalue weighted by Crippen LogP contribution is -2.74. The summed E-state index contributed by atoms with van der Waals surface area (Å²) in [6, 6.07) is 0. The average Bonchev–Trinajstić information content (AvgIpc) is 3.45. The van der Waals surface area contributed by atoms with Crippen molar-refractivity contribution in [2.24, 2.45) is 28.1 Å². The van der Waals surface area contributed by atoms with E-state index in [0.29, 0.717) is 18.4 Å². The molecule has 37 heavy (non-hydrogen) atoms. The van der Waals surface area contributed by atoms with E-state index in [0.717, 1.165) is 0 Å². The molecule has 6 fully saturated rings. The highest BCUT2D eigenvalue weighted by Gasteiger charge is 2.90. The van der Waals surface area contributed by atoms with E-state index in [9.17, 15) is 19.2 Å². The van der Waals surface area contributed by atoms with Crippen LogP contribution in [-0.2, 0) is 47.6 Å². The van der Waals surface area contributed by atoms with Crippen molar-refractivity contribution >= 4 is 23.7 Å². The second-order valence-electron chi connectivity index (χ2n) is 12.8. The van der Waals surface area contributed by atoms with Gasteiger partial charge in [-0.3, -0.25) is 9.59 Å². The minimum absolute atomic E-state index is 0.0280. The maximum Gasteiger partial charge on any atom is 0.339 e. The highest BCUT2D eigenvalue weighted by molar-refractivity contribution is 5.94. The summed E-state index contributed by atoms with van der Waals surface area (Å²) in [6.07, 6.45) is -0.211. The van der Waals surface area contributed by atoms with Gasteiger partial charge in [0.2, 0.25) is 6.29 Å². The summed E-state index contributed by atoms with van der Waals surface area (Å²) in [5, 5.41) is 0. The molecule has 7 aliphatic rings. The summed E-state index contributed by atoms with van der Waals surface area (Å²) in [6.45, 7) is 8.06. The van der Waals surface area contributed by atoms with Crippen LogP contribution in [0, 0.1) is 28.1 Å². The van der Waals surface area contributed by atoms with Gasteiger partial charge in [-0.05, 0) is 39.5 Å². The zero-order valence-corrected chi connectivity index (χ0v) is 21.7. The molecular formula is C27H32O10. The molecule has 0 amide bonds. The van der Waals surface area contributed by atoms with Gasteiger partial charge in [0.1, 0.15) is 24.1 Å². The zero-order chi connectivity index (χ0) is 26.3. The first kappa shape index (κ1) is 23.8. The van der Waals surface area contributed by atoms with Gasteiger partial charge in [0, 0.05) is 41.9 Å². The van der Waals surface area contributed by atoms with Crippen LogP contribution in [0.1, 0.15) is 53.4 Å². The summed E-state index contributed by atoms with van der Waals surface area (Å²) < 4.78 is 35.2. The molecule has 0 radical (unpaired) electrons. The van der Waals surface area contributed by atoms with E-state index in [1.54, 1.807) is 0 Å². The third-order valence-electron chi connectivity index (χ3n) is 11.2. The van der Waals surface area contributed by atoms with Crippen LogP contribution >= 0.6 is 0 Å². The molecule has 10 atom stereocenters. The SMILES string of the molecule is COC1OC(=O)C=C1[C@@H]1OC(=O)[C@H]2O[C@@]23[C@@]1(C)CCC1[C@@]24COC(=O)CC2OC(C)(C)C4CC(=O)[C@]13C. The molecule has 2 saturated carbocycles. The van der Waals surface area contributed by atoms with Gasteiger partial charge >= 0.3 is 17.9 Å². The molecule has 0 aromatic heterocycles. The number of hydrogen-bond acceptors (Lipinski definition) is 10. The Labute approximate surface area is 214 Å². The molecule has 5 aliphatic heterocycles. The van der Waals surface area contributed by atoms with Crippen molar-refractivity contribution in [3.8, 4) is 0 Å². The fraction of sp³-hybridized carbons (Fsp3) is 0.778. The Morgan fingerprint density at radius 3 is 2.43 bits per heavy atom. The highest BCUT2D eigenvalue weighted by atomic mass is 16.7. The summed E-state index contributed by atoms with van der Waals surface area (Å²) in [7, 11) is 1.42. The number of hydrogen-bond donors (Lipinski definition) is 0. The average molecular weight is 517 g/mol. The number of fused-ring (bicyclic) bond motifs is 1. The fourth-order valence-electron chi connectivity index (χ4n) is 9.71. The minimum Gasteiger partial charge on any atom is -0.465 e. The normalized spacial score (nSPS) is 52.9. The highest BCUT2D eigenvalue weighted by Crippen LogP contribution is 2.78. The van der Waals surface area contributed by atoms with Crippen molar-refractivity contribution in [3.05, 3.63) is 11.6 Å². The van der Waals surface area contributed by atoms with Crippen molar-refractivity contribution in [2.75, 3.05) is 13.7 Å². The molecular weight excluding hydrogens is 484 g/mol. The van der Waals surface area contributed by atoms with E-state index in [4.69, 9.17) is 28.4 Å². The van der Waals surface area contributed by atoms with Crippen LogP contribution in [0.5, 0.6) is 0 Å². The van der Waals surface area contributed by atoms with E-state index in [2.05, 4.69) is 0 Å². The van der Waals surface area contributed by atoms with Crippen LogP contribution in [0.15, 0.2) is 11.6 Å². The predicted octanol–water partition coefficient (Wildman–Crippen LogP) is 1.63. The van der Waals surface area contributed by atoms with Crippen LogP contribution in [0.25, 0.3) is 0 Å². The van der Waals surface area contributed by atoms with Crippen molar-refractivity contribution in [1.82, 2.24) is 0 Å². The van der Waals surface area contributed by atoms with E-state index in [1.807, 2.05) is 27.7 Å². The van der Waals surface area contributed by atoms with Crippen molar-refractivity contribution in [3.63, 3.8) is 0 Å². The Bertz CT molecular complexity index is 1190. The number of Topliss-reactive ketones (excluding diaryl/α,β-unsaturated/α-hetero) is 1. The maximum absolute atomic E-state index is 14.3. The molecule has 2 spiro atoms. The molecule has 5 heterocycles. The van der Waals surface area contributed by atoms with E-state index >= 15 is 0 Å². The number of methoxy groups -OCH3 is 1. The van der Waals surface area contributed by atoms with Gasteiger partial charge in [-0.2, -0.15) is 0 Å². The molecule has 200 valence electrons. The van der Waals surface area contributed by atoms with Crippen molar-refractivity contribution in [2.45, 2.75) is 89.2 Å². The quantitative estimate of drug-likeness (QED) is 0.304. The van der Waals surface area contributed by atoms with Crippen molar-refractivity contribution < 1.29 is 47.6 Å². The molecule has 2 aliphatic carbocycles. The van der Waals surface area contributed by atoms with Crippen molar-refractivity contribution in [1.29, 1.82) is 0 Å². The van der Waals surface area contributed by atoms with Crippen LogP contribution in [0.2, 0.25) is 0 Å². The molecule has 0 aromatic rings.